The van der Waals surface area contributed by atoms with Gasteiger partial charge >= 0.3 is 0 Å². The molecule has 0 aromatic carbocycles. The first-order valence-corrected chi connectivity index (χ1v) is 3.43. The molecule has 0 aliphatic heterocycles. The Morgan fingerprint density at radius 2 is 2.38 bits per heavy atom. The molecule has 1 aromatic rings. The Morgan fingerprint density at radius 1 is 1.54 bits per heavy atom. The fraction of sp³-hybridized carbons (Fsp3) is 0. The number of hydrogen-bond donors (Lipinski definition) is 3. The summed E-state index contributed by atoms with van der Waals surface area (Å²) in [5, 5.41) is 10.7. The Hall–Kier alpha value is -2.29. The van der Waals surface area contributed by atoms with Crippen LogP contribution in [0.2, 0.25) is 0 Å². The number of nitrogens with zero attached hydrogens (tertiary/aromatic N) is 2. The van der Waals surface area contributed by atoms with E-state index < -0.39 is 0 Å². The second kappa shape index (κ2) is 4.56. The van der Waals surface area contributed by atoms with Crippen LogP contribution in [-0.4, -0.2) is 11.4 Å². The van der Waals surface area contributed by atoms with Crippen LogP contribution >= 0.6 is 0 Å². The van der Waals surface area contributed by atoms with E-state index in [2.05, 4.69) is 21.2 Å². The van der Waals surface area contributed by atoms with Gasteiger partial charge in [0, 0.05) is 0 Å². The van der Waals surface area contributed by atoms with Crippen LogP contribution in [0.15, 0.2) is 18.3 Å². The predicted octanol–water partition coefficient (Wildman–Crippen LogP) is 0.0475. The van der Waals surface area contributed by atoms with Crippen molar-refractivity contribution in [3.63, 3.8) is 0 Å². The van der Waals surface area contributed by atoms with Crippen molar-refractivity contribution in [1.82, 2.24) is 10.4 Å². The minimum Gasteiger partial charge on any atom is -0.291 e. The van der Waals surface area contributed by atoms with Gasteiger partial charge in [-0.05, 0) is 12.1 Å². The van der Waals surface area contributed by atoms with Gasteiger partial charge in [0.25, 0.3) is 0 Å². The molecule has 0 aliphatic carbocycles. The summed E-state index contributed by atoms with van der Waals surface area (Å²) in [4.78, 5) is 13.8. The Balaban J connectivity index is 2.59. The molecule has 3 N–H and O–H groups in total. The van der Waals surface area contributed by atoms with Crippen LogP contribution in [0.4, 0.5) is 11.5 Å². The molecular weight excluding hydrogens is 170 g/mol. The molecule has 66 valence electrons. The van der Waals surface area contributed by atoms with E-state index in [4.69, 9.17) is 5.26 Å². The summed E-state index contributed by atoms with van der Waals surface area (Å²) in [7, 11) is 0. The molecule has 0 saturated heterocycles. The average molecular weight is 177 g/mol. The highest BCUT2D eigenvalue weighted by atomic mass is 16.1. The Kier molecular flexibility index (Phi) is 3.09. The molecule has 0 saturated carbocycles. The average Bonchev–Trinajstić information content (AvgIpc) is 2.17. The lowest BCUT2D eigenvalue weighted by Crippen LogP contribution is -2.19. The minimum atomic E-state index is 0.496. The third-order valence-electron chi connectivity index (χ3n) is 1.22. The van der Waals surface area contributed by atoms with E-state index in [1.165, 1.54) is 6.20 Å². The number of amides is 1. The summed E-state index contributed by atoms with van der Waals surface area (Å²) < 4.78 is 0. The van der Waals surface area contributed by atoms with Crippen molar-refractivity contribution in [3.05, 3.63) is 18.3 Å². The monoisotopic (exact) mass is 177 g/mol. The Bertz CT molecular complexity index is 315. The van der Waals surface area contributed by atoms with Gasteiger partial charge in [0.1, 0.15) is 5.82 Å². The first-order valence-electron chi connectivity index (χ1n) is 3.43. The second-order valence-electron chi connectivity index (χ2n) is 2.06. The van der Waals surface area contributed by atoms with E-state index in [0.717, 1.165) is 0 Å². The van der Waals surface area contributed by atoms with Crippen molar-refractivity contribution < 1.29 is 4.79 Å². The van der Waals surface area contributed by atoms with Gasteiger partial charge < -0.3 is 0 Å². The van der Waals surface area contributed by atoms with Gasteiger partial charge in [0.05, 0.1) is 11.9 Å². The normalized spacial score (nSPS) is 8.23. The molecule has 13 heavy (non-hydrogen) atoms. The van der Waals surface area contributed by atoms with Crippen molar-refractivity contribution in [1.29, 1.82) is 5.26 Å². The van der Waals surface area contributed by atoms with Gasteiger partial charge in [-0.2, -0.15) is 5.26 Å². The summed E-state index contributed by atoms with van der Waals surface area (Å²) in [5.74, 6) is 0.496. The van der Waals surface area contributed by atoms with E-state index in [1.54, 1.807) is 18.3 Å². The molecule has 0 radical (unpaired) electrons. The highest BCUT2D eigenvalue weighted by Crippen LogP contribution is 2.07. The highest BCUT2D eigenvalue weighted by molar-refractivity contribution is 5.53. The minimum absolute atomic E-state index is 0.496. The molecule has 0 aliphatic rings. The number of aromatic nitrogens is 1. The van der Waals surface area contributed by atoms with Crippen LogP contribution in [0.5, 0.6) is 0 Å². The molecule has 6 nitrogen and oxygen atoms in total. The molecular formula is C7H7N5O. The SMILES string of the molecule is N#CNc1ccc(NNC=O)nc1. The summed E-state index contributed by atoms with van der Waals surface area (Å²) in [6.45, 7) is 0. The van der Waals surface area contributed by atoms with E-state index in [-0.39, 0.29) is 0 Å². The number of hydrazine groups is 1. The van der Waals surface area contributed by atoms with Crippen LogP contribution in [0.3, 0.4) is 0 Å². The summed E-state index contributed by atoms with van der Waals surface area (Å²) in [6, 6.07) is 3.28. The van der Waals surface area contributed by atoms with E-state index in [0.29, 0.717) is 17.9 Å². The summed E-state index contributed by atoms with van der Waals surface area (Å²) in [6.07, 6.45) is 3.74. The van der Waals surface area contributed by atoms with Crippen molar-refractivity contribution >= 4 is 17.9 Å². The first-order chi connectivity index (χ1) is 6.36. The van der Waals surface area contributed by atoms with Crippen LogP contribution < -0.4 is 16.2 Å². The number of rotatable bonds is 4. The van der Waals surface area contributed by atoms with E-state index in [9.17, 15) is 4.79 Å². The van der Waals surface area contributed by atoms with Gasteiger partial charge in [-0.25, -0.2) is 4.98 Å². The molecule has 0 unspecified atom stereocenters. The fourth-order valence-electron chi connectivity index (χ4n) is 0.710. The maximum absolute atomic E-state index is 9.89. The molecule has 0 bridgehead atoms. The Labute approximate surface area is 74.6 Å². The summed E-state index contributed by atoms with van der Waals surface area (Å²) >= 11 is 0. The quantitative estimate of drug-likeness (QED) is 0.261. The van der Waals surface area contributed by atoms with E-state index in [1.807, 2.05) is 0 Å². The van der Waals surface area contributed by atoms with Gasteiger partial charge in [0.2, 0.25) is 6.41 Å². The zero-order chi connectivity index (χ0) is 9.52. The lowest BCUT2D eigenvalue weighted by atomic mass is 10.4. The van der Waals surface area contributed by atoms with Crippen molar-refractivity contribution in [2.24, 2.45) is 0 Å². The number of hydrogen-bond acceptors (Lipinski definition) is 5. The number of carbonyl (C=O) groups excluding carboxylic acids is 1. The standard InChI is InChI=1S/C7H7N5O/c8-4-10-6-1-2-7(9-3-6)12-11-5-13/h1-3,5,10H,(H,9,12)(H,11,13). The van der Waals surface area contributed by atoms with E-state index >= 15 is 0 Å². The second-order valence-corrected chi connectivity index (χ2v) is 2.06. The van der Waals surface area contributed by atoms with Gasteiger partial charge in [0.15, 0.2) is 6.19 Å². The number of nitrogens with one attached hydrogen (secondary N) is 3. The third kappa shape index (κ3) is 2.67. The predicted molar refractivity (Wildman–Crippen MR) is 46.3 cm³/mol. The molecule has 0 fully saturated rings. The lowest BCUT2D eigenvalue weighted by Gasteiger charge is -2.02. The van der Waals surface area contributed by atoms with Gasteiger partial charge in [-0.1, -0.05) is 0 Å². The molecule has 1 heterocycles. The zero-order valence-electron chi connectivity index (χ0n) is 6.61. The maximum Gasteiger partial charge on any atom is 0.225 e. The highest BCUT2D eigenvalue weighted by Gasteiger charge is 1.92. The van der Waals surface area contributed by atoms with Crippen molar-refractivity contribution in [3.8, 4) is 6.19 Å². The molecule has 0 spiro atoms. The topological polar surface area (TPSA) is 89.8 Å². The number of anilines is 2. The number of carbonyl (C=O) groups is 1. The van der Waals surface area contributed by atoms with Crippen molar-refractivity contribution in [2.45, 2.75) is 0 Å². The Morgan fingerprint density at radius 3 is 2.92 bits per heavy atom. The fourth-order valence-corrected chi connectivity index (χ4v) is 0.710. The molecule has 1 aromatic heterocycles. The number of pyridine rings is 1. The molecule has 1 rings (SSSR count). The molecule has 0 atom stereocenters. The number of nitriles is 1. The van der Waals surface area contributed by atoms with Crippen LogP contribution in [0.1, 0.15) is 0 Å². The third-order valence-corrected chi connectivity index (χ3v) is 1.22. The van der Waals surface area contributed by atoms with Crippen LogP contribution in [0.25, 0.3) is 0 Å². The van der Waals surface area contributed by atoms with Crippen LogP contribution in [-0.2, 0) is 4.79 Å². The zero-order valence-corrected chi connectivity index (χ0v) is 6.61. The smallest absolute Gasteiger partial charge is 0.225 e. The van der Waals surface area contributed by atoms with Crippen LogP contribution in [0, 0.1) is 11.5 Å². The largest absolute Gasteiger partial charge is 0.291 e. The van der Waals surface area contributed by atoms with Gasteiger partial charge in [-0.3, -0.25) is 21.0 Å². The van der Waals surface area contributed by atoms with Gasteiger partial charge in [-0.15, -0.1) is 0 Å². The summed E-state index contributed by atoms with van der Waals surface area (Å²) in [5.41, 5.74) is 5.36. The maximum atomic E-state index is 9.89. The molecule has 1 amide bonds. The lowest BCUT2D eigenvalue weighted by molar-refractivity contribution is -0.109. The first kappa shape index (κ1) is 8.80. The molecule has 6 heteroatoms. The van der Waals surface area contributed by atoms with Crippen molar-refractivity contribution in [2.75, 3.05) is 10.7 Å².